The number of nitrogens with two attached hydrogens (primary N) is 1. The number of hydrogen-bond acceptors (Lipinski definition) is 4. The van der Waals surface area contributed by atoms with E-state index in [1.807, 2.05) is 6.92 Å². The zero-order valence-corrected chi connectivity index (χ0v) is 10.7. The monoisotopic (exact) mass is 299 g/mol. The Morgan fingerprint density at radius 2 is 2.29 bits per heavy atom. The number of aromatic nitrogens is 2. The third kappa shape index (κ3) is 2.89. The zero-order valence-electron chi connectivity index (χ0n) is 9.15. The first kappa shape index (κ1) is 12.2. The number of hydrogen-bond donors (Lipinski definition) is 1. The molecule has 17 heavy (non-hydrogen) atoms. The summed E-state index contributed by atoms with van der Waals surface area (Å²) < 4.78 is 18.9. The van der Waals surface area contributed by atoms with Crippen LogP contribution < -0.4 is 5.73 Å². The summed E-state index contributed by atoms with van der Waals surface area (Å²) in [5.74, 6) is 0.452. The lowest BCUT2D eigenvalue weighted by molar-refractivity contribution is 0.420. The van der Waals surface area contributed by atoms with Crippen LogP contribution in [0.2, 0.25) is 0 Å². The average molecular weight is 300 g/mol. The highest BCUT2D eigenvalue weighted by Crippen LogP contribution is 2.27. The number of nitrogens with zero attached hydrogens (tertiary/aromatic N) is 2. The van der Waals surface area contributed by atoms with Crippen LogP contribution in [-0.2, 0) is 6.42 Å². The quantitative estimate of drug-likeness (QED) is 0.946. The van der Waals surface area contributed by atoms with Crippen LogP contribution in [0.15, 0.2) is 27.2 Å². The highest BCUT2D eigenvalue weighted by molar-refractivity contribution is 9.10. The van der Waals surface area contributed by atoms with E-state index < -0.39 is 0 Å². The van der Waals surface area contributed by atoms with Gasteiger partial charge in [-0.3, -0.25) is 0 Å². The summed E-state index contributed by atoms with van der Waals surface area (Å²) in [6.45, 7) is 1.86. The van der Waals surface area contributed by atoms with Gasteiger partial charge in [0.05, 0.1) is 5.56 Å². The summed E-state index contributed by atoms with van der Waals surface area (Å²) in [5.41, 5.74) is 6.17. The van der Waals surface area contributed by atoms with E-state index in [4.69, 9.17) is 10.3 Å². The van der Waals surface area contributed by atoms with Crippen molar-refractivity contribution in [2.24, 2.45) is 5.73 Å². The van der Waals surface area contributed by atoms with E-state index in [1.54, 1.807) is 6.07 Å². The van der Waals surface area contributed by atoms with Crippen molar-refractivity contribution in [2.45, 2.75) is 19.4 Å². The van der Waals surface area contributed by atoms with Gasteiger partial charge in [-0.2, -0.15) is 4.98 Å². The topological polar surface area (TPSA) is 64.9 Å². The Hall–Kier alpha value is -1.27. The molecule has 1 aromatic carbocycles. The first-order chi connectivity index (χ1) is 8.06. The highest BCUT2D eigenvalue weighted by Gasteiger charge is 2.13. The minimum Gasteiger partial charge on any atom is -0.334 e. The first-order valence-corrected chi connectivity index (χ1v) is 5.89. The van der Waals surface area contributed by atoms with Gasteiger partial charge in [0, 0.05) is 16.9 Å². The van der Waals surface area contributed by atoms with Crippen LogP contribution in [-0.4, -0.2) is 16.2 Å². The maximum atomic E-state index is 13.1. The third-order valence-corrected chi connectivity index (χ3v) is 2.82. The predicted octanol–water partition coefficient (Wildman–Crippen LogP) is 2.53. The molecule has 2 aromatic rings. The Labute approximate surface area is 106 Å². The summed E-state index contributed by atoms with van der Waals surface area (Å²) >= 11 is 3.31. The van der Waals surface area contributed by atoms with Gasteiger partial charge in [-0.05, 0) is 41.1 Å². The Bertz CT molecular complexity index is 527. The molecule has 1 unspecified atom stereocenters. The van der Waals surface area contributed by atoms with Crippen molar-refractivity contribution in [3.8, 4) is 11.5 Å². The molecule has 0 spiro atoms. The minimum absolute atomic E-state index is 0.0450. The molecule has 6 heteroatoms. The SMILES string of the molecule is CC(N)Cc1noc(-c2cc(F)ccc2Br)n1. The number of benzene rings is 1. The molecule has 2 rings (SSSR count). The fourth-order valence-electron chi connectivity index (χ4n) is 1.40. The molecule has 0 aliphatic carbocycles. The van der Waals surface area contributed by atoms with Gasteiger partial charge in [0.1, 0.15) is 5.82 Å². The molecule has 0 radical (unpaired) electrons. The average Bonchev–Trinajstić information content (AvgIpc) is 2.69. The predicted molar refractivity (Wildman–Crippen MR) is 64.7 cm³/mol. The van der Waals surface area contributed by atoms with E-state index in [2.05, 4.69) is 26.1 Å². The van der Waals surface area contributed by atoms with Crippen LogP contribution >= 0.6 is 15.9 Å². The van der Waals surface area contributed by atoms with Crippen LogP contribution in [0.25, 0.3) is 11.5 Å². The lowest BCUT2D eigenvalue weighted by Crippen LogP contribution is -2.18. The van der Waals surface area contributed by atoms with E-state index in [-0.39, 0.29) is 17.7 Å². The van der Waals surface area contributed by atoms with Gasteiger partial charge >= 0.3 is 0 Å². The third-order valence-electron chi connectivity index (χ3n) is 2.13. The van der Waals surface area contributed by atoms with E-state index >= 15 is 0 Å². The van der Waals surface area contributed by atoms with Gasteiger partial charge in [-0.25, -0.2) is 4.39 Å². The van der Waals surface area contributed by atoms with E-state index in [0.29, 0.717) is 22.3 Å². The van der Waals surface area contributed by atoms with Crippen molar-refractivity contribution >= 4 is 15.9 Å². The molecular formula is C11H11BrFN3O. The number of halogens is 2. The summed E-state index contributed by atoms with van der Waals surface area (Å²) in [7, 11) is 0. The van der Waals surface area contributed by atoms with E-state index in [1.165, 1.54) is 12.1 Å². The Kier molecular flexibility index (Phi) is 3.54. The van der Waals surface area contributed by atoms with Gasteiger partial charge in [0.25, 0.3) is 5.89 Å². The molecule has 90 valence electrons. The summed E-state index contributed by atoms with van der Waals surface area (Å²) in [4.78, 5) is 4.17. The maximum absolute atomic E-state index is 13.1. The molecule has 0 bridgehead atoms. The van der Waals surface area contributed by atoms with Crippen molar-refractivity contribution in [3.63, 3.8) is 0 Å². The van der Waals surface area contributed by atoms with E-state index in [9.17, 15) is 4.39 Å². The molecule has 4 nitrogen and oxygen atoms in total. The van der Waals surface area contributed by atoms with Gasteiger partial charge in [0.2, 0.25) is 0 Å². The lowest BCUT2D eigenvalue weighted by atomic mass is 10.2. The molecule has 1 atom stereocenters. The van der Waals surface area contributed by atoms with Crippen LogP contribution in [0.1, 0.15) is 12.7 Å². The van der Waals surface area contributed by atoms with Crippen molar-refractivity contribution in [1.82, 2.24) is 10.1 Å². The second-order valence-electron chi connectivity index (χ2n) is 3.82. The standard InChI is InChI=1S/C11H11BrFN3O/c1-6(14)4-10-15-11(17-16-10)8-5-7(13)2-3-9(8)12/h2-3,5-6H,4,14H2,1H3. The van der Waals surface area contributed by atoms with Crippen LogP contribution in [0.4, 0.5) is 4.39 Å². The molecule has 0 saturated carbocycles. The largest absolute Gasteiger partial charge is 0.334 e. The van der Waals surface area contributed by atoms with Crippen molar-refractivity contribution in [3.05, 3.63) is 34.3 Å². The Balaban J connectivity index is 2.33. The van der Waals surface area contributed by atoms with Crippen molar-refractivity contribution in [1.29, 1.82) is 0 Å². The van der Waals surface area contributed by atoms with E-state index in [0.717, 1.165) is 0 Å². The molecule has 1 heterocycles. The molecule has 0 amide bonds. The maximum Gasteiger partial charge on any atom is 0.259 e. The van der Waals surface area contributed by atoms with Crippen molar-refractivity contribution in [2.75, 3.05) is 0 Å². The normalized spacial score (nSPS) is 12.7. The van der Waals surface area contributed by atoms with Gasteiger partial charge in [-0.15, -0.1) is 0 Å². The summed E-state index contributed by atoms with van der Waals surface area (Å²) in [6.07, 6.45) is 0.524. The molecular weight excluding hydrogens is 289 g/mol. The second-order valence-corrected chi connectivity index (χ2v) is 4.68. The molecule has 0 aliphatic rings. The summed E-state index contributed by atoms with van der Waals surface area (Å²) in [5, 5.41) is 3.79. The minimum atomic E-state index is -0.352. The molecule has 0 aliphatic heterocycles. The molecule has 2 N–H and O–H groups in total. The summed E-state index contributed by atoms with van der Waals surface area (Å²) in [6, 6.07) is 4.25. The van der Waals surface area contributed by atoms with Crippen molar-refractivity contribution < 1.29 is 8.91 Å². The molecule has 1 aromatic heterocycles. The Morgan fingerprint density at radius 1 is 1.53 bits per heavy atom. The highest BCUT2D eigenvalue weighted by atomic mass is 79.9. The van der Waals surface area contributed by atoms with Crippen LogP contribution in [0.3, 0.4) is 0 Å². The van der Waals surface area contributed by atoms with Crippen LogP contribution in [0.5, 0.6) is 0 Å². The fraction of sp³-hybridized carbons (Fsp3) is 0.273. The van der Waals surface area contributed by atoms with Gasteiger partial charge in [0.15, 0.2) is 5.82 Å². The number of rotatable bonds is 3. The molecule has 0 fully saturated rings. The van der Waals surface area contributed by atoms with Gasteiger partial charge < -0.3 is 10.3 Å². The fourth-order valence-corrected chi connectivity index (χ4v) is 1.81. The zero-order chi connectivity index (χ0) is 12.4. The molecule has 0 saturated heterocycles. The second kappa shape index (κ2) is 4.93. The van der Waals surface area contributed by atoms with Gasteiger partial charge in [-0.1, -0.05) is 5.16 Å². The first-order valence-electron chi connectivity index (χ1n) is 5.10. The van der Waals surface area contributed by atoms with Crippen LogP contribution in [0, 0.1) is 5.82 Å². The smallest absolute Gasteiger partial charge is 0.259 e. The lowest BCUT2D eigenvalue weighted by Gasteiger charge is -1.98. The Morgan fingerprint density at radius 3 is 3.00 bits per heavy atom.